The number of hydrogen-bond donors (Lipinski definition) is 1. The van der Waals surface area contributed by atoms with Gasteiger partial charge in [-0.15, -0.1) is 0 Å². The molecule has 1 aliphatic rings. The Bertz CT molecular complexity index is 546. The highest BCUT2D eigenvalue weighted by molar-refractivity contribution is 5.91. The van der Waals surface area contributed by atoms with Crippen LogP contribution in [0.1, 0.15) is 53.4 Å². The lowest BCUT2D eigenvalue weighted by molar-refractivity contribution is -0.155. The van der Waals surface area contributed by atoms with Gasteiger partial charge in [-0.2, -0.15) is 0 Å². The topological polar surface area (TPSA) is 80.7 Å². The third-order valence-electron chi connectivity index (χ3n) is 4.62. The summed E-state index contributed by atoms with van der Waals surface area (Å²) in [5.74, 6) is -2.02. The van der Waals surface area contributed by atoms with Crippen molar-refractivity contribution in [2.24, 2.45) is 23.7 Å². The van der Waals surface area contributed by atoms with Crippen LogP contribution < -0.4 is 0 Å². The normalized spacial score (nSPS) is 29.1. The van der Waals surface area contributed by atoms with Crippen molar-refractivity contribution in [1.82, 2.24) is 0 Å². The van der Waals surface area contributed by atoms with Gasteiger partial charge in [0.15, 0.2) is 5.78 Å². The molecule has 0 aliphatic heterocycles. The molecule has 0 fully saturated rings. The summed E-state index contributed by atoms with van der Waals surface area (Å²) in [6, 6.07) is 0. The number of carbonyl (C=O) groups excluding carboxylic acids is 2. The van der Waals surface area contributed by atoms with Crippen LogP contribution in [0.5, 0.6) is 0 Å². The first-order chi connectivity index (χ1) is 11.6. The number of aliphatic carboxylic acids is 1. The third-order valence-corrected chi connectivity index (χ3v) is 4.62. The Hall–Kier alpha value is -1.91. The SMILES string of the molecule is C=C(C(=O)O)C1CCC(C)/C=C\C(=O)C(C)CC1OC(=O)CC(C)C. The Morgan fingerprint density at radius 2 is 1.96 bits per heavy atom. The molecule has 0 aromatic rings. The van der Waals surface area contributed by atoms with Gasteiger partial charge in [0, 0.05) is 23.8 Å². The molecule has 0 amide bonds. The van der Waals surface area contributed by atoms with Gasteiger partial charge in [-0.1, -0.05) is 40.3 Å². The molecule has 0 heterocycles. The average Bonchev–Trinajstić information content (AvgIpc) is 2.50. The summed E-state index contributed by atoms with van der Waals surface area (Å²) in [6.07, 6.45) is 4.64. The predicted molar refractivity (Wildman–Crippen MR) is 95.9 cm³/mol. The number of allylic oxidation sites excluding steroid dienone is 2. The summed E-state index contributed by atoms with van der Waals surface area (Å²) in [7, 11) is 0. The zero-order chi connectivity index (χ0) is 19.1. The zero-order valence-electron chi connectivity index (χ0n) is 15.7. The second-order valence-electron chi connectivity index (χ2n) is 7.52. The molecule has 0 bridgehead atoms. The monoisotopic (exact) mass is 350 g/mol. The van der Waals surface area contributed by atoms with Crippen molar-refractivity contribution in [2.75, 3.05) is 0 Å². The summed E-state index contributed by atoms with van der Waals surface area (Å²) in [6.45, 7) is 11.3. The molecule has 4 unspecified atom stereocenters. The molecule has 0 aromatic carbocycles. The highest BCUT2D eigenvalue weighted by atomic mass is 16.5. The van der Waals surface area contributed by atoms with Crippen molar-refractivity contribution < 1.29 is 24.2 Å². The lowest BCUT2D eigenvalue weighted by Gasteiger charge is -2.30. The van der Waals surface area contributed by atoms with Gasteiger partial charge in [0.1, 0.15) is 6.10 Å². The summed E-state index contributed by atoms with van der Waals surface area (Å²) < 4.78 is 5.63. The van der Waals surface area contributed by atoms with Crippen LogP contribution in [0.4, 0.5) is 0 Å². The van der Waals surface area contributed by atoms with Crippen molar-refractivity contribution in [1.29, 1.82) is 0 Å². The maximum absolute atomic E-state index is 12.2. The Morgan fingerprint density at radius 3 is 2.52 bits per heavy atom. The second-order valence-corrected chi connectivity index (χ2v) is 7.52. The van der Waals surface area contributed by atoms with Crippen LogP contribution in [-0.2, 0) is 19.1 Å². The summed E-state index contributed by atoms with van der Waals surface area (Å²) in [4.78, 5) is 35.9. The van der Waals surface area contributed by atoms with Crippen LogP contribution in [-0.4, -0.2) is 28.9 Å². The van der Waals surface area contributed by atoms with Crippen LogP contribution in [0.3, 0.4) is 0 Å². The smallest absolute Gasteiger partial charge is 0.331 e. The number of carboxylic acids is 1. The maximum Gasteiger partial charge on any atom is 0.331 e. The van der Waals surface area contributed by atoms with E-state index in [-0.39, 0.29) is 41.5 Å². The predicted octanol–water partition coefficient (Wildman–Crippen LogP) is 3.78. The first kappa shape index (κ1) is 21.1. The summed E-state index contributed by atoms with van der Waals surface area (Å²) in [5, 5.41) is 9.38. The molecule has 0 radical (unpaired) electrons. The fourth-order valence-electron chi connectivity index (χ4n) is 3.01. The van der Waals surface area contributed by atoms with Crippen molar-refractivity contribution in [3.8, 4) is 0 Å². The molecule has 0 saturated carbocycles. The molecular weight excluding hydrogens is 320 g/mol. The first-order valence-electron chi connectivity index (χ1n) is 8.95. The van der Waals surface area contributed by atoms with Crippen LogP contribution >= 0.6 is 0 Å². The molecular formula is C20H30O5. The van der Waals surface area contributed by atoms with E-state index in [4.69, 9.17) is 4.74 Å². The Morgan fingerprint density at radius 1 is 1.32 bits per heavy atom. The van der Waals surface area contributed by atoms with E-state index in [1.807, 2.05) is 26.8 Å². The number of carbonyl (C=O) groups is 3. The first-order valence-corrected chi connectivity index (χ1v) is 8.95. The molecule has 0 aromatic heterocycles. The molecule has 0 spiro atoms. The van der Waals surface area contributed by atoms with Gasteiger partial charge in [-0.25, -0.2) is 4.79 Å². The zero-order valence-corrected chi connectivity index (χ0v) is 15.7. The van der Waals surface area contributed by atoms with Gasteiger partial charge in [0.25, 0.3) is 0 Å². The molecule has 1 rings (SSSR count). The third kappa shape index (κ3) is 6.85. The molecule has 140 valence electrons. The van der Waals surface area contributed by atoms with Crippen molar-refractivity contribution in [2.45, 2.75) is 59.5 Å². The van der Waals surface area contributed by atoms with E-state index in [9.17, 15) is 19.5 Å². The highest BCUT2D eigenvalue weighted by Crippen LogP contribution is 2.31. The lowest BCUT2D eigenvalue weighted by atomic mass is 9.81. The lowest BCUT2D eigenvalue weighted by Crippen LogP contribution is -2.34. The quantitative estimate of drug-likeness (QED) is 0.603. The minimum Gasteiger partial charge on any atom is -0.478 e. The van der Waals surface area contributed by atoms with Gasteiger partial charge in [-0.3, -0.25) is 9.59 Å². The largest absolute Gasteiger partial charge is 0.478 e. The van der Waals surface area contributed by atoms with Crippen LogP contribution in [0.25, 0.3) is 0 Å². The Labute approximate surface area is 150 Å². The number of ketones is 1. The van der Waals surface area contributed by atoms with Crippen molar-refractivity contribution in [3.05, 3.63) is 24.3 Å². The molecule has 1 N–H and O–H groups in total. The number of hydrogen-bond acceptors (Lipinski definition) is 4. The minimum atomic E-state index is -1.09. The fraction of sp³-hybridized carbons (Fsp3) is 0.650. The van der Waals surface area contributed by atoms with Gasteiger partial charge in [-0.05, 0) is 37.2 Å². The van der Waals surface area contributed by atoms with E-state index in [2.05, 4.69) is 6.58 Å². The number of carboxylic acid groups (broad SMARTS) is 1. The Balaban J connectivity index is 3.11. The minimum absolute atomic E-state index is 0.0293. The van der Waals surface area contributed by atoms with E-state index in [1.54, 1.807) is 13.0 Å². The van der Waals surface area contributed by atoms with Crippen LogP contribution in [0.15, 0.2) is 24.3 Å². The fourth-order valence-corrected chi connectivity index (χ4v) is 3.01. The average molecular weight is 350 g/mol. The Kier molecular flexibility index (Phi) is 8.07. The van der Waals surface area contributed by atoms with E-state index in [1.165, 1.54) is 0 Å². The molecule has 0 saturated heterocycles. The number of esters is 1. The van der Waals surface area contributed by atoms with E-state index >= 15 is 0 Å². The number of rotatable bonds is 5. The molecule has 5 heteroatoms. The second kappa shape index (κ2) is 9.54. The van der Waals surface area contributed by atoms with E-state index in [0.717, 1.165) is 0 Å². The molecule has 4 atom stereocenters. The van der Waals surface area contributed by atoms with E-state index in [0.29, 0.717) is 19.3 Å². The molecule has 25 heavy (non-hydrogen) atoms. The summed E-state index contributed by atoms with van der Waals surface area (Å²) in [5.41, 5.74) is 0.0405. The highest BCUT2D eigenvalue weighted by Gasteiger charge is 2.33. The standard InChI is InChI=1S/C20H30O5/c1-12(2)10-19(22)25-18-11-14(4)17(21)9-7-13(3)6-8-16(18)15(5)20(23)24/h7,9,12-14,16,18H,5-6,8,10-11H2,1-4H3,(H,23,24)/b9-7-. The van der Waals surface area contributed by atoms with Gasteiger partial charge < -0.3 is 9.84 Å². The summed E-state index contributed by atoms with van der Waals surface area (Å²) >= 11 is 0. The number of ether oxygens (including phenoxy) is 1. The molecule has 1 aliphatic carbocycles. The van der Waals surface area contributed by atoms with Crippen LogP contribution in [0.2, 0.25) is 0 Å². The van der Waals surface area contributed by atoms with Gasteiger partial charge >= 0.3 is 11.9 Å². The maximum atomic E-state index is 12.2. The van der Waals surface area contributed by atoms with Crippen molar-refractivity contribution in [3.63, 3.8) is 0 Å². The molecule has 5 nitrogen and oxygen atoms in total. The van der Waals surface area contributed by atoms with E-state index < -0.39 is 18.0 Å². The van der Waals surface area contributed by atoms with Crippen LogP contribution in [0, 0.1) is 23.7 Å². The van der Waals surface area contributed by atoms with Gasteiger partial charge in [0.05, 0.1) is 0 Å². The van der Waals surface area contributed by atoms with Crippen molar-refractivity contribution >= 4 is 17.7 Å². The van der Waals surface area contributed by atoms with Gasteiger partial charge in [0.2, 0.25) is 0 Å².